The van der Waals surface area contributed by atoms with Gasteiger partial charge in [-0.3, -0.25) is 4.79 Å². The van der Waals surface area contributed by atoms with Crippen LogP contribution in [0, 0.1) is 0 Å². The monoisotopic (exact) mass is 449 g/mol. The van der Waals surface area contributed by atoms with E-state index in [4.69, 9.17) is 22.1 Å². The van der Waals surface area contributed by atoms with Crippen molar-refractivity contribution in [2.45, 2.75) is 38.0 Å². The minimum atomic E-state index is -4.24. The maximum Gasteiger partial charge on any atom is 0.389 e. The molecular weight excluding hydrogens is 423 g/mol. The van der Waals surface area contributed by atoms with Crippen molar-refractivity contribution in [1.29, 1.82) is 0 Å². The number of alkyl halides is 3. The van der Waals surface area contributed by atoms with Crippen molar-refractivity contribution in [1.82, 2.24) is 15.6 Å². The summed E-state index contributed by atoms with van der Waals surface area (Å²) in [6.07, 6.45) is -4.16. The lowest BCUT2D eigenvalue weighted by molar-refractivity contribution is -0.135. The fourth-order valence-electron chi connectivity index (χ4n) is 2.94. The summed E-state index contributed by atoms with van der Waals surface area (Å²) in [7, 11) is 0. The molecular formula is C19H27ClF3N5O2. The number of benzene rings is 1. The second-order valence-corrected chi connectivity index (χ2v) is 7.25. The zero-order valence-corrected chi connectivity index (χ0v) is 17.3. The van der Waals surface area contributed by atoms with Crippen LogP contribution < -0.4 is 21.2 Å². The molecule has 0 aromatic heterocycles. The molecule has 30 heavy (non-hydrogen) atoms. The van der Waals surface area contributed by atoms with E-state index in [9.17, 15) is 18.0 Å². The molecule has 1 aliphatic heterocycles. The predicted octanol–water partition coefficient (Wildman–Crippen LogP) is 2.50. The van der Waals surface area contributed by atoms with Crippen LogP contribution in [0.3, 0.4) is 0 Å². The average molecular weight is 450 g/mol. The number of rotatable bonds is 8. The van der Waals surface area contributed by atoms with Gasteiger partial charge in [-0.2, -0.15) is 18.3 Å². The number of nitrogens with one attached hydrogen (secondary N) is 2. The summed E-state index contributed by atoms with van der Waals surface area (Å²) < 4.78 is 42.7. The maximum atomic E-state index is 12.5. The molecule has 1 heterocycles. The molecule has 0 saturated carbocycles. The number of halogens is 4. The topological polar surface area (TPSA) is 92.0 Å². The fourth-order valence-corrected chi connectivity index (χ4v) is 3.12. The van der Waals surface area contributed by atoms with Crippen LogP contribution in [0.4, 0.5) is 13.2 Å². The van der Waals surface area contributed by atoms with Gasteiger partial charge >= 0.3 is 6.18 Å². The van der Waals surface area contributed by atoms with E-state index in [0.717, 1.165) is 0 Å². The van der Waals surface area contributed by atoms with E-state index in [1.54, 1.807) is 17.0 Å². The fraction of sp³-hybridized carbons (Fsp3) is 0.579. The van der Waals surface area contributed by atoms with Crippen molar-refractivity contribution in [2.75, 3.05) is 32.7 Å². The van der Waals surface area contributed by atoms with E-state index >= 15 is 0 Å². The number of hydrogen-bond donors (Lipinski definition) is 3. The van der Waals surface area contributed by atoms with Gasteiger partial charge in [0.1, 0.15) is 11.9 Å². The molecule has 7 nitrogen and oxygen atoms in total. The quantitative estimate of drug-likeness (QED) is 0.245. The third-order valence-corrected chi connectivity index (χ3v) is 4.75. The normalized spacial score (nSPS) is 15.8. The second-order valence-electron chi connectivity index (χ2n) is 6.84. The Hall–Kier alpha value is -2.20. The number of ether oxygens (including phenoxy) is 1. The molecule has 0 unspecified atom stereocenters. The first-order valence-electron chi connectivity index (χ1n) is 9.82. The van der Waals surface area contributed by atoms with Crippen LogP contribution in [0.15, 0.2) is 29.4 Å². The largest absolute Gasteiger partial charge is 0.489 e. The highest BCUT2D eigenvalue weighted by Crippen LogP contribution is 2.27. The molecule has 1 saturated heterocycles. The Kier molecular flexibility index (Phi) is 9.51. The number of carbonyl (C=O) groups is 1. The Morgan fingerprint density at radius 2 is 1.97 bits per heavy atom. The van der Waals surface area contributed by atoms with Gasteiger partial charge in [-0.05, 0) is 18.6 Å². The van der Waals surface area contributed by atoms with Crippen molar-refractivity contribution < 1.29 is 22.7 Å². The minimum Gasteiger partial charge on any atom is -0.489 e. The molecule has 1 aromatic carbocycles. The molecule has 2 rings (SSSR count). The minimum absolute atomic E-state index is 0.0609. The third kappa shape index (κ3) is 8.27. The summed E-state index contributed by atoms with van der Waals surface area (Å²) in [5.74, 6) is 0.220. The van der Waals surface area contributed by atoms with Crippen molar-refractivity contribution in [2.24, 2.45) is 10.8 Å². The van der Waals surface area contributed by atoms with Crippen LogP contribution in [-0.2, 0) is 4.79 Å². The number of para-hydroxylation sites is 1. The lowest BCUT2D eigenvalue weighted by Gasteiger charge is -2.33. The molecule has 168 valence electrons. The third-order valence-electron chi connectivity index (χ3n) is 4.44. The van der Waals surface area contributed by atoms with Gasteiger partial charge < -0.3 is 26.1 Å². The van der Waals surface area contributed by atoms with Crippen LogP contribution >= 0.6 is 11.6 Å². The van der Waals surface area contributed by atoms with Crippen molar-refractivity contribution in [3.8, 4) is 5.75 Å². The van der Waals surface area contributed by atoms with E-state index in [1.165, 1.54) is 0 Å². The van der Waals surface area contributed by atoms with Gasteiger partial charge in [0.25, 0.3) is 5.91 Å². The number of nitrogens with two attached hydrogens (primary N) is 1. The molecule has 0 bridgehead atoms. The number of hydrogen-bond acceptors (Lipinski definition) is 5. The zero-order valence-electron chi connectivity index (χ0n) is 16.6. The van der Waals surface area contributed by atoms with E-state index in [1.807, 2.05) is 12.1 Å². The van der Waals surface area contributed by atoms with E-state index in [2.05, 4.69) is 15.8 Å². The summed E-state index contributed by atoms with van der Waals surface area (Å²) in [5.41, 5.74) is 8.15. The van der Waals surface area contributed by atoms with Crippen LogP contribution in [0.5, 0.6) is 5.75 Å². The molecule has 11 heteroatoms. The summed E-state index contributed by atoms with van der Waals surface area (Å²) >= 11 is 6.13. The standard InChI is InChI=1S/C19H27ClF3N5O2/c20-15-4-1-2-5-16(15)30-14-6-12-28(13-7-14)17(27-26-11-9-24)18(29)25-10-3-8-19(21,22)23/h1-2,4-5,14,26H,3,6-13,24H2,(H,25,29)/b27-17+. The Bertz CT molecular complexity index is 710. The van der Waals surface area contributed by atoms with Crippen molar-refractivity contribution >= 4 is 23.3 Å². The lowest BCUT2D eigenvalue weighted by Crippen LogP contribution is -2.49. The molecule has 0 aliphatic carbocycles. The SMILES string of the molecule is NCCN/N=C(\C(=O)NCCCC(F)(F)F)N1CCC(Oc2ccccc2Cl)CC1. The van der Waals surface area contributed by atoms with E-state index in [0.29, 0.717) is 49.8 Å². The highest BCUT2D eigenvalue weighted by Gasteiger charge is 2.28. The number of likely N-dealkylation sites (tertiary alicyclic amines) is 1. The summed E-state index contributed by atoms with van der Waals surface area (Å²) in [6.45, 7) is 1.64. The Morgan fingerprint density at radius 1 is 1.27 bits per heavy atom. The molecule has 0 spiro atoms. The smallest absolute Gasteiger partial charge is 0.389 e. The number of piperidine rings is 1. The molecule has 1 aliphatic rings. The Morgan fingerprint density at radius 3 is 2.60 bits per heavy atom. The predicted molar refractivity (Wildman–Crippen MR) is 109 cm³/mol. The van der Waals surface area contributed by atoms with E-state index in [-0.39, 0.29) is 24.9 Å². The average Bonchev–Trinajstić information content (AvgIpc) is 2.70. The molecule has 1 amide bonds. The zero-order chi connectivity index (χ0) is 22.0. The van der Waals surface area contributed by atoms with Crippen LogP contribution in [0.1, 0.15) is 25.7 Å². The maximum absolute atomic E-state index is 12.5. The van der Waals surface area contributed by atoms with Gasteiger partial charge in [-0.15, -0.1) is 0 Å². The Balaban J connectivity index is 1.90. The number of hydrazone groups is 1. The van der Waals surface area contributed by atoms with E-state index < -0.39 is 18.5 Å². The first-order chi connectivity index (χ1) is 14.3. The van der Waals surface area contributed by atoms with Gasteiger partial charge in [-0.1, -0.05) is 23.7 Å². The highest BCUT2D eigenvalue weighted by atomic mass is 35.5. The summed E-state index contributed by atoms with van der Waals surface area (Å²) in [4.78, 5) is 14.3. The number of carbonyl (C=O) groups excluding carboxylic acids is 1. The van der Waals surface area contributed by atoms with Crippen LogP contribution in [-0.4, -0.2) is 61.6 Å². The van der Waals surface area contributed by atoms with Gasteiger partial charge in [0.15, 0.2) is 0 Å². The molecule has 1 fully saturated rings. The Labute approximate surface area is 178 Å². The second kappa shape index (κ2) is 11.8. The van der Waals surface area contributed by atoms with Gasteiger partial charge in [0, 0.05) is 52.0 Å². The molecule has 0 radical (unpaired) electrons. The summed E-state index contributed by atoms with van der Waals surface area (Å²) in [6, 6.07) is 7.21. The van der Waals surface area contributed by atoms with Crippen molar-refractivity contribution in [3.05, 3.63) is 29.3 Å². The number of nitrogens with zero attached hydrogens (tertiary/aromatic N) is 2. The highest BCUT2D eigenvalue weighted by molar-refractivity contribution is 6.37. The molecule has 0 atom stereocenters. The van der Waals surface area contributed by atoms with Gasteiger partial charge in [0.2, 0.25) is 5.84 Å². The van der Waals surface area contributed by atoms with Crippen LogP contribution in [0.2, 0.25) is 5.02 Å². The van der Waals surface area contributed by atoms with Gasteiger partial charge in [-0.25, -0.2) is 0 Å². The lowest BCUT2D eigenvalue weighted by atomic mass is 10.1. The first kappa shape index (κ1) is 24.1. The van der Waals surface area contributed by atoms with Gasteiger partial charge in [0.05, 0.1) is 5.02 Å². The number of amidine groups is 1. The van der Waals surface area contributed by atoms with Crippen molar-refractivity contribution in [3.63, 3.8) is 0 Å². The number of amides is 1. The van der Waals surface area contributed by atoms with Crippen LogP contribution in [0.25, 0.3) is 0 Å². The summed E-state index contributed by atoms with van der Waals surface area (Å²) in [5, 5.41) is 7.14. The molecule has 1 aromatic rings. The molecule has 4 N–H and O–H groups in total. The first-order valence-corrected chi connectivity index (χ1v) is 10.2.